The average molecular weight is 369 g/mol. The molecule has 1 aliphatic rings. The first kappa shape index (κ1) is 17.7. The molecule has 1 heterocycles. The van der Waals surface area contributed by atoms with Crippen molar-refractivity contribution in [2.45, 2.75) is 0 Å². The van der Waals surface area contributed by atoms with E-state index in [1.54, 1.807) is 0 Å². The molecule has 28 heavy (non-hydrogen) atoms. The molecular formula is C24H19NO3. The Morgan fingerprint density at radius 2 is 1.43 bits per heavy atom. The van der Waals surface area contributed by atoms with Gasteiger partial charge < -0.3 is 4.74 Å². The van der Waals surface area contributed by atoms with E-state index in [-0.39, 0.29) is 19.1 Å². The van der Waals surface area contributed by atoms with Crippen molar-refractivity contribution in [2.24, 2.45) is 0 Å². The minimum Gasteiger partial charge on any atom is -0.447 e. The van der Waals surface area contributed by atoms with Crippen LogP contribution in [0.4, 0.5) is 4.79 Å². The van der Waals surface area contributed by atoms with Crippen LogP contribution in [0.1, 0.15) is 11.1 Å². The van der Waals surface area contributed by atoms with Crippen LogP contribution < -0.4 is 0 Å². The third kappa shape index (κ3) is 3.71. The molecule has 4 heteroatoms. The van der Waals surface area contributed by atoms with Gasteiger partial charge in [0.05, 0.1) is 6.54 Å². The van der Waals surface area contributed by atoms with Gasteiger partial charge in [0.15, 0.2) is 0 Å². The molecule has 1 fully saturated rings. The summed E-state index contributed by atoms with van der Waals surface area (Å²) in [5, 5.41) is 0. The lowest BCUT2D eigenvalue weighted by molar-refractivity contribution is -0.121. The molecule has 0 saturated carbocycles. The predicted octanol–water partition coefficient (Wildman–Crippen LogP) is 4.87. The van der Waals surface area contributed by atoms with E-state index in [1.165, 1.54) is 0 Å². The van der Waals surface area contributed by atoms with Gasteiger partial charge in [-0.3, -0.25) is 4.79 Å². The zero-order valence-electron chi connectivity index (χ0n) is 15.2. The van der Waals surface area contributed by atoms with E-state index in [0.29, 0.717) is 5.57 Å². The van der Waals surface area contributed by atoms with Gasteiger partial charge in [0.2, 0.25) is 0 Å². The molecule has 0 spiro atoms. The van der Waals surface area contributed by atoms with E-state index in [1.807, 2.05) is 91.0 Å². The molecule has 0 radical (unpaired) electrons. The van der Waals surface area contributed by atoms with Crippen LogP contribution in [-0.4, -0.2) is 30.1 Å². The van der Waals surface area contributed by atoms with Gasteiger partial charge in [-0.05, 0) is 28.3 Å². The number of benzene rings is 3. The van der Waals surface area contributed by atoms with Crippen LogP contribution in [0.25, 0.3) is 22.8 Å². The molecular weight excluding hydrogens is 350 g/mol. The topological polar surface area (TPSA) is 46.6 Å². The normalized spacial score (nSPS) is 14.1. The summed E-state index contributed by atoms with van der Waals surface area (Å²) in [6.07, 6.45) is 1.22. The Hall–Kier alpha value is -3.66. The Labute approximate surface area is 163 Å². The van der Waals surface area contributed by atoms with Crippen molar-refractivity contribution < 1.29 is 14.3 Å². The molecule has 0 atom stereocenters. The number of carbonyl (C=O) groups excluding carboxylic acids is 2. The molecule has 138 valence electrons. The van der Waals surface area contributed by atoms with Gasteiger partial charge in [-0.15, -0.1) is 0 Å². The molecule has 1 aliphatic heterocycles. The molecule has 0 aliphatic carbocycles. The van der Waals surface area contributed by atoms with Gasteiger partial charge in [-0.25, -0.2) is 9.69 Å². The minimum absolute atomic E-state index is 0.232. The Bertz CT molecular complexity index is 1010. The standard InChI is InChI=1S/C24H19NO3/c26-23(25-15-16-28-24(25)27)22(17-18-7-3-1-4-8-18)21-13-11-20(12-14-21)19-9-5-2-6-10-19/h1-14,17H,15-16H2/b22-17+. The maximum atomic E-state index is 13.1. The monoisotopic (exact) mass is 369 g/mol. The first-order chi connectivity index (χ1) is 13.7. The van der Waals surface area contributed by atoms with Gasteiger partial charge in [0.25, 0.3) is 5.91 Å². The largest absolute Gasteiger partial charge is 0.447 e. The quantitative estimate of drug-likeness (QED) is 0.487. The molecule has 0 N–H and O–H groups in total. The van der Waals surface area contributed by atoms with E-state index in [2.05, 4.69) is 0 Å². The molecule has 1 saturated heterocycles. The predicted molar refractivity (Wildman–Crippen MR) is 109 cm³/mol. The molecule has 3 aromatic rings. The molecule has 4 nitrogen and oxygen atoms in total. The lowest BCUT2D eigenvalue weighted by Crippen LogP contribution is -2.32. The number of imide groups is 1. The van der Waals surface area contributed by atoms with Gasteiger partial charge in [0.1, 0.15) is 6.61 Å². The summed E-state index contributed by atoms with van der Waals surface area (Å²) < 4.78 is 4.94. The summed E-state index contributed by atoms with van der Waals surface area (Å²) in [7, 11) is 0. The highest BCUT2D eigenvalue weighted by Crippen LogP contribution is 2.26. The number of cyclic esters (lactones) is 1. The number of ether oxygens (including phenoxy) is 1. The molecule has 3 aromatic carbocycles. The third-order valence-electron chi connectivity index (χ3n) is 4.65. The van der Waals surface area contributed by atoms with Crippen LogP contribution in [0.3, 0.4) is 0 Å². The number of rotatable bonds is 4. The van der Waals surface area contributed by atoms with Crippen molar-refractivity contribution in [3.8, 4) is 11.1 Å². The summed E-state index contributed by atoms with van der Waals surface area (Å²) in [6.45, 7) is 0.502. The van der Waals surface area contributed by atoms with Crippen molar-refractivity contribution in [3.63, 3.8) is 0 Å². The highest BCUT2D eigenvalue weighted by Gasteiger charge is 2.31. The summed E-state index contributed by atoms with van der Waals surface area (Å²) in [5.74, 6) is -0.348. The molecule has 4 rings (SSSR count). The van der Waals surface area contributed by atoms with E-state index in [9.17, 15) is 9.59 Å². The second kappa shape index (κ2) is 7.92. The molecule has 0 bridgehead atoms. The fourth-order valence-corrected chi connectivity index (χ4v) is 3.18. The Kier molecular flexibility index (Phi) is 5.02. The van der Waals surface area contributed by atoms with Gasteiger partial charge in [0, 0.05) is 5.57 Å². The zero-order chi connectivity index (χ0) is 19.3. The fraction of sp³-hybridized carbons (Fsp3) is 0.0833. The molecule has 0 unspecified atom stereocenters. The second-order valence-corrected chi connectivity index (χ2v) is 6.48. The van der Waals surface area contributed by atoms with Crippen LogP contribution in [0.5, 0.6) is 0 Å². The van der Waals surface area contributed by atoms with Crippen molar-refractivity contribution >= 4 is 23.6 Å². The average Bonchev–Trinajstić information content (AvgIpc) is 3.19. The minimum atomic E-state index is -0.593. The third-order valence-corrected chi connectivity index (χ3v) is 4.65. The van der Waals surface area contributed by atoms with Gasteiger partial charge in [-0.2, -0.15) is 0 Å². The van der Waals surface area contributed by atoms with E-state index in [0.717, 1.165) is 27.2 Å². The molecule has 0 aromatic heterocycles. The smallest absolute Gasteiger partial charge is 0.416 e. The lowest BCUT2D eigenvalue weighted by Gasteiger charge is -2.15. The maximum Gasteiger partial charge on any atom is 0.416 e. The Morgan fingerprint density at radius 1 is 0.821 bits per heavy atom. The summed E-state index contributed by atoms with van der Waals surface area (Å²) in [6, 6.07) is 27.4. The summed E-state index contributed by atoms with van der Waals surface area (Å²) >= 11 is 0. The van der Waals surface area contributed by atoms with Crippen LogP contribution in [0.2, 0.25) is 0 Å². The van der Waals surface area contributed by atoms with Gasteiger partial charge >= 0.3 is 6.09 Å². The molecule has 2 amide bonds. The number of nitrogens with zero attached hydrogens (tertiary/aromatic N) is 1. The van der Waals surface area contributed by atoms with E-state index in [4.69, 9.17) is 4.74 Å². The maximum absolute atomic E-state index is 13.1. The summed E-state index contributed by atoms with van der Waals surface area (Å²) in [5.41, 5.74) is 4.29. The lowest BCUT2D eigenvalue weighted by atomic mass is 9.98. The Balaban J connectivity index is 1.72. The van der Waals surface area contributed by atoms with E-state index < -0.39 is 6.09 Å². The van der Waals surface area contributed by atoms with Crippen LogP contribution in [0, 0.1) is 0 Å². The number of carbonyl (C=O) groups is 2. The SMILES string of the molecule is O=C1OCCN1C(=O)/C(=C/c1ccccc1)c1ccc(-c2ccccc2)cc1. The highest BCUT2D eigenvalue weighted by molar-refractivity contribution is 6.27. The zero-order valence-corrected chi connectivity index (χ0v) is 15.2. The summed E-state index contributed by atoms with van der Waals surface area (Å²) in [4.78, 5) is 26.1. The van der Waals surface area contributed by atoms with Gasteiger partial charge in [-0.1, -0.05) is 84.9 Å². The van der Waals surface area contributed by atoms with E-state index >= 15 is 0 Å². The van der Waals surface area contributed by atoms with Crippen LogP contribution in [0.15, 0.2) is 84.9 Å². The van der Waals surface area contributed by atoms with Crippen molar-refractivity contribution in [1.29, 1.82) is 0 Å². The fourth-order valence-electron chi connectivity index (χ4n) is 3.18. The van der Waals surface area contributed by atoms with Crippen molar-refractivity contribution in [1.82, 2.24) is 4.90 Å². The first-order valence-electron chi connectivity index (χ1n) is 9.13. The second-order valence-electron chi connectivity index (χ2n) is 6.48. The highest BCUT2D eigenvalue weighted by atomic mass is 16.6. The first-order valence-corrected chi connectivity index (χ1v) is 9.13. The van der Waals surface area contributed by atoms with Crippen molar-refractivity contribution in [2.75, 3.05) is 13.2 Å². The Morgan fingerprint density at radius 3 is 2.04 bits per heavy atom. The van der Waals surface area contributed by atoms with Crippen LogP contribution >= 0.6 is 0 Å². The number of hydrogen-bond acceptors (Lipinski definition) is 3. The van der Waals surface area contributed by atoms with Crippen molar-refractivity contribution in [3.05, 3.63) is 96.1 Å². The number of hydrogen-bond donors (Lipinski definition) is 0. The van der Waals surface area contributed by atoms with Crippen LogP contribution in [-0.2, 0) is 9.53 Å². The number of amides is 2.